The minimum atomic E-state index is -1.04. The molecule has 1 aromatic rings. The number of carboxylic acid groups (broad SMARTS) is 1. The van der Waals surface area contributed by atoms with Crippen LogP contribution in [0.5, 0.6) is 0 Å². The Balaban J connectivity index is 2.09. The number of hydrogen-bond acceptors (Lipinski definition) is 5. The van der Waals surface area contributed by atoms with Crippen molar-refractivity contribution >= 4 is 23.1 Å². The number of hydrogen-bond donors (Lipinski definition) is 2. The van der Waals surface area contributed by atoms with Crippen LogP contribution in [0, 0.1) is 23.2 Å². The van der Waals surface area contributed by atoms with E-state index in [1.807, 2.05) is 33.1 Å². The molecular weight excluding hydrogens is 312 g/mol. The number of aromatic nitrogens is 1. The highest BCUT2D eigenvalue weighted by atomic mass is 32.1. The summed E-state index contributed by atoms with van der Waals surface area (Å²) < 4.78 is 0. The Labute approximate surface area is 140 Å². The van der Waals surface area contributed by atoms with E-state index in [-0.39, 0.29) is 29.6 Å². The predicted octanol–water partition coefficient (Wildman–Crippen LogP) is 2.89. The van der Waals surface area contributed by atoms with E-state index in [1.165, 1.54) is 11.3 Å². The standard InChI is InChI=1S/C17H24N2O3S/c1-9(2)7-17(15(21)22)10-8-16(3,4)13(20)11(10)12(19-17)14-18-5-6-23-14/h5-6,9-12,19H,7-8H2,1-4H3,(H,21,22)/t10-,11+,12-,17+/m1/s1. The second-order valence-electron chi connectivity index (χ2n) is 7.95. The highest BCUT2D eigenvalue weighted by Crippen LogP contribution is 2.57. The van der Waals surface area contributed by atoms with Gasteiger partial charge >= 0.3 is 5.97 Å². The highest BCUT2D eigenvalue weighted by molar-refractivity contribution is 7.09. The van der Waals surface area contributed by atoms with Gasteiger partial charge in [0, 0.05) is 28.8 Å². The van der Waals surface area contributed by atoms with E-state index in [2.05, 4.69) is 10.3 Å². The molecule has 1 aromatic heterocycles. The van der Waals surface area contributed by atoms with Crippen molar-refractivity contribution in [3.05, 3.63) is 16.6 Å². The number of thiazole rings is 1. The Kier molecular flexibility index (Phi) is 3.88. The molecule has 1 aliphatic carbocycles. The topological polar surface area (TPSA) is 79.3 Å². The normalized spacial score (nSPS) is 35.7. The maximum Gasteiger partial charge on any atom is 0.324 e. The minimum absolute atomic E-state index is 0.169. The molecule has 0 radical (unpaired) electrons. The number of ketones is 1. The predicted molar refractivity (Wildman–Crippen MR) is 88.2 cm³/mol. The zero-order valence-corrected chi connectivity index (χ0v) is 14.8. The van der Waals surface area contributed by atoms with Crippen molar-refractivity contribution in [2.45, 2.75) is 52.1 Å². The maximum atomic E-state index is 13.0. The molecule has 1 saturated heterocycles. The largest absolute Gasteiger partial charge is 0.480 e. The fourth-order valence-electron chi connectivity index (χ4n) is 4.52. The Bertz CT molecular complexity index is 626. The number of carboxylic acids is 1. The number of rotatable bonds is 4. The van der Waals surface area contributed by atoms with Crippen molar-refractivity contribution in [2.24, 2.45) is 23.2 Å². The first-order valence-electron chi connectivity index (χ1n) is 8.14. The molecule has 2 aliphatic rings. The molecule has 2 fully saturated rings. The van der Waals surface area contributed by atoms with Crippen LogP contribution in [-0.4, -0.2) is 27.4 Å². The van der Waals surface area contributed by atoms with Gasteiger partial charge in [0.2, 0.25) is 0 Å². The average Bonchev–Trinajstić information content (AvgIpc) is 3.09. The lowest BCUT2D eigenvalue weighted by molar-refractivity contribution is -0.147. The first kappa shape index (κ1) is 16.6. The van der Waals surface area contributed by atoms with Crippen LogP contribution in [0.1, 0.15) is 51.6 Å². The fraction of sp³-hybridized carbons (Fsp3) is 0.706. The minimum Gasteiger partial charge on any atom is -0.480 e. The lowest BCUT2D eigenvalue weighted by Crippen LogP contribution is -2.53. The van der Waals surface area contributed by atoms with Gasteiger partial charge in [-0.2, -0.15) is 0 Å². The zero-order valence-electron chi connectivity index (χ0n) is 14.0. The van der Waals surface area contributed by atoms with E-state index < -0.39 is 16.9 Å². The molecule has 0 spiro atoms. The second-order valence-corrected chi connectivity index (χ2v) is 8.88. The molecule has 0 aromatic carbocycles. The Morgan fingerprint density at radius 1 is 1.52 bits per heavy atom. The summed E-state index contributed by atoms with van der Waals surface area (Å²) in [7, 11) is 0. The summed E-state index contributed by atoms with van der Waals surface area (Å²) in [5.74, 6) is -0.925. The van der Waals surface area contributed by atoms with Crippen LogP contribution in [0.3, 0.4) is 0 Å². The average molecular weight is 336 g/mol. The Morgan fingerprint density at radius 2 is 2.22 bits per heavy atom. The summed E-state index contributed by atoms with van der Waals surface area (Å²) in [5, 5.41) is 16.1. The van der Waals surface area contributed by atoms with Crippen LogP contribution in [0.25, 0.3) is 0 Å². The van der Waals surface area contributed by atoms with Gasteiger partial charge in [-0.05, 0) is 18.8 Å². The van der Waals surface area contributed by atoms with Crippen molar-refractivity contribution < 1.29 is 14.7 Å². The third-order valence-electron chi connectivity index (χ3n) is 5.37. The molecule has 5 nitrogen and oxygen atoms in total. The van der Waals surface area contributed by atoms with Crippen LogP contribution < -0.4 is 5.32 Å². The second kappa shape index (κ2) is 5.38. The summed E-state index contributed by atoms with van der Waals surface area (Å²) in [6, 6.07) is -0.288. The third-order valence-corrected chi connectivity index (χ3v) is 6.23. The molecule has 6 heteroatoms. The molecule has 3 rings (SSSR count). The van der Waals surface area contributed by atoms with Crippen LogP contribution in [-0.2, 0) is 9.59 Å². The van der Waals surface area contributed by atoms with E-state index in [0.29, 0.717) is 12.8 Å². The molecular formula is C17H24N2O3S. The van der Waals surface area contributed by atoms with Gasteiger partial charge in [0.15, 0.2) is 0 Å². The summed E-state index contributed by atoms with van der Waals surface area (Å²) in [4.78, 5) is 29.6. The highest BCUT2D eigenvalue weighted by Gasteiger charge is 2.66. The van der Waals surface area contributed by atoms with Gasteiger partial charge in [-0.15, -0.1) is 11.3 Å². The first-order valence-corrected chi connectivity index (χ1v) is 9.02. The smallest absolute Gasteiger partial charge is 0.324 e. The summed E-state index contributed by atoms with van der Waals surface area (Å²) in [6.07, 6.45) is 2.85. The van der Waals surface area contributed by atoms with Crippen LogP contribution in [0.15, 0.2) is 11.6 Å². The quantitative estimate of drug-likeness (QED) is 0.884. The van der Waals surface area contributed by atoms with E-state index in [1.54, 1.807) is 6.20 Å². The monoisotopic (exact) mass is 336 g/mol. The summed E-state index contributed by atoms with van der Waals surface area (Å²) >= 11 is 1.48. The number of carbonyl (C=O) groups excluding carboxylic acids is 1. The van der Waals surface area contributed by atoms with E-state index in [4.69, 9.17) is 0 Å². The Morgan fingerprint density at radius 3 is 2.74 bits per heavy atom. The molecule has 1 saturated carbocycles. The molecule has 2 N–H and O–H groups in total. The SMILES string of the molecule is CC(C)C[C@]1(C(=O)O)N[C@@H](c2nccs2)[C@H]2C(=O)C(C)(C)C[C@H]21. The molecule has 23 heavy (non-hydrogen) atoms. The van der Waals surface area contributed by atoms with Gasteiger partial charge in [0.05, 0.1) is 6.04 Å². The van der Waals surface area contributed by atoms with E-state index >= 15 is 0 Å². The van der Waals surface area contributed by atoms with Crippen molar-refractivity contribution in [3.8, 4) is 0 Å². The molecule has 0 amide bonds. The molecule has 126 valence electrons. The maximum absolute atomic E-state index is 13.0. The van der Waals surface area contributed by atoms with Crippen LogP contribution in [0.4, 0.5) is 0 Å². The first-order chi connectivity index (χ1) is 10.7. The number of carbonyl (C=O) groups is 2. The van der Waals surface area contributed by atoms with Crippen molar-refractivity contribution in [2.75, 3.05) is 0 Å². The number of aliphatic carboxylic acids is 1. The molecule has 1 aliphatic heterocycles. The number of Topliss-reactive ketones (excluding diaryl/α,β-unsaturated/α-hetero) is 1. The summed E-state index contributed by atoms with van der Waals surface area (Å²) in [5.41, 5.74) is -1.51. The third kappa shape index (κ3) is 2.43. The molecule has 2 heterocycles. The van der Waals surface area contributed by atoms with Gasteiger partial charge in [-0.1, -0.05) is 27.7 Å². The van der Waals surface area contributed by atoms with E-state index in [9.17, 15) is 14.7 Å². The number of fused-ring (bicyclic) bond motifs is 1. The van der Waals surface area contributed by atoms with E-state index in [0.717, 1.165) is 5.01 Å². The number of nitrogens with one attached hydrogen (secondary N) is 1. The number of nitrogens with zero attached hydrogens (tertiary/aromatic N) is 1. The lowest BCUT2D eigenvalue weighted by Gasteiger charge is -2.33. The molecule has 4 atom stereocenters. The summed E-state index contributed by atoms with van der Waals surface area (Å²) in [6.45, 7) is 7.93. The zero-order chi connectivity index (χ0) is 17.0. The van der Waals surface area contributed by atoms with Gasteiger partial charge in [0.25, 0.3) is 0 Å². The van der Waals surface area contributed by atoms with Gasteiger partial charge in [-0.3, -0.25) is 14.9 Å². The van der Waals surface area contributed by atoms with Gasteiger partial charge in [-0.25, -0.2) is 4.98 Å². The van der Waals surface area contributed by atoms with Gasteiger partial charge < -0.3 is 5.11 Å². The Hall–Kier alpha value is -1.27. The van der Waals surface area contributed by atoms with Gasteiger partial charge in [0.1, 0.15) is 16.3 Å². The fourth-order valence-corrected chi connectivity index (χ4v) is 5.25. The van der Waals surface area contributed by atoms with Crippen molar-refractivity contribution in [1.82, 2.24) is 10.3 Å². The van der Waals surface area contributed by atoms with Crippen molar-refractivity contribution in [3.63, 3.8) is 0 Å². The van der Waals surface area contributed by atoms with Crippen molar-refractivity contribution in [1.29, 1.82) is 0 Å². The molecule has 0 bridgehead atoms. The molecule has 0 unspecified atom stereocenters. The lowest BCUT2D eigenvalue weighted by atomic mass is 9.75. The van der Waals surface area contributed by atoms with Crippen LogP contribution >= 0.6 is 11.3 Å². The van der Waals surface area contributed by atoms with Crippen LogP contribution in [0.2, 0.25) is 0 Å².